The van der Waals surface area contributed by atoms with Crippen molar-refractivity contribution < 1.29 is 19.5 Å². The van der Waals surface area contributed by atoms with Crippen molar-refractivity contribution in [3.63, 3.8) is 0 Å². The van der Waals surface area contributed by atoms with Gasteiger partial charge in [0.25, 0.3) is 0 Å². The largest absolute Gasteiger partial charge is 0.481 e. The van der Waals surface area contributed by atoms with Gasteiger partial charge in [-0.25, -0.2) is 0 Å². The standard InChI is InChI=1S/C15H18O4/c1-4-15(13(18)19)10-11(17)9-6-8(16)5-7(2)14(9,3)12(10)15/h6-7,10,12H,4-5H2,1-3H3,(H,18,19)/t7-,10-,12+,14+,15+/m1/s1. The first-order chi connectivity index (χ1) is 8.81. The van der Waals surface area contributed by atoms with E-state index >= 15 is 0 Å². The van der Waals surface area contributed by atoms with E-state index < -0.39 is 22.7 Å². The lowest BCUT2D eigenvalue weighted by Gasteiger charge is -2.39. The molecule has 0 aliphatic heterocycles. The fourth-order valence-electron chi connectivity index (χ4n) is 4.70. The fraction of sp³-hybridized carbons (Fsp3) is 0.667. The highest BCUT2D eigenvalue weighted by Gasteiger charge is 2.82. The molecule has 0 unspecified atom stereocenters. The van der Waals surface area contributed by atoms with Crippen molar-refractivity contribution in [2.24, 2.45) is 28.6 Å². The Hall–Kier alpha value is -1.45. The maximum atomic E-state index is 12.5. The van der Waals surface area contributed by atoms with Crippen LogP contribution in [0.3, 0.4) is 0 Å². The van der Waals surface area contributed by atoms with Crippen LogP contribution >= 0.6 is 0 Å². The zero-order valence-electron chi connectivity index (χ0n) is 11.4. The molecule has 0 saturated heterocycles. The van der Waals surface area contributed by atoms with Crippen molar-refractivity contribution in [2.75, 3.05) is 0 Å². The number of carboxylic acids is 1. The smallest absolute Gasteiger partial charge is 0.310 e. The van der Waals surface area contributed by atoms with Gasteiger partial charge in [0.2, 0.25) is 0 Å². The number of fused-ring (bicyclic) bond motifs is 3. The lowest BCUT2D eigenvalue weighted by Crippen LogP contribution is -2.40. The summed E-state index contributed by atoms with van der Waals surface area (Å²) in [6, 6.07) is 0. The van der Waals surface area contributed by atoms with E-state index in [1.165, 1.54) is 6.08 Å². The molecule has 0 bridgehead atoms. The third-order valence-corrected chi connectivity index (χ3v) is 5.93. The molecule has 2 fully saturated rings. The molecule has 0 aromatic rings. The molecule has 102 valence electrons. The normalized spacial score (nSPS) is 47.5. The Morgan fingerprint density at radius 1 is 1.47 bits per heavy atom. The van der Waals surface area contributed by atoms with Crippen LogP contribution in [0.2, 0.25) is 0 Å². The Bertz CT molecular complexity index is 546. The Labute approximate surface area is 111 Å². The van der Waals surface area contributed by atoms with Crippen LogP contribution in [0, 0.1) is 28.6 Å². The van der Waals surface area contributed by atoms with Crippen molar-refractivity contribution in [3.8, 4) is 0 Å². The zero-order valence-corrected chi connectivity index (χ0v) is 11.4. The second-order valence-corrected chi connectivity index (χ2v) is 6.43. The summed E-state index contributed by atoms with van der Waals surface area (Å²) >= 11 is 0. The molecule has 0 radical (unpaired) electrons. The maximum Gasteiger partial charge on any atom is 0.310 e. The average Bonchev–Trinajstić information content (AvgIpc) is 2.97. The van der Waals surface area contributed by atoms with Crippen LogP contribution in [-0.4, -0.2) is 22.6 Å². The summed E-state index contributed by atoms with van der Waals surface area (Å²) < 4.78 is 0. The number of carbonyl (C=O) groups excluding carboxylic acids is 2. The number of rotatable bonds is 2. The van der Waals surface area contributed by atoms with Crippen LogP contribution < -0.4 is 0 Å². The maximum absolute atomic E-state index is 12.5. The van der Waals surface area contributed by atoms with Crippen molar-refractivity contribution in [1.29, 1.82) is 0 Å². The monoisotopic (exact) mass is 262 g/mol. The van der Waals surface area contributed by atoms with E-state index in [-0.39, 0.29) is 23.4 Å². The highest BCUT2D eigenvalue weighted by atomic mass is 16.4. The first-order valence-corrected chi connectivity index (χ1v) is 6.84. The molecule has 4 nitrogen and oxygen atoms in total. The van der Waals surface area contributed by atoms with Gasteiger partial charge in [-0.1, -0.05) is 20.8 Å². The number of hydrogen-bond donors (Lipinski definition) is 1. The SMILES string of the molecule is CC[C@]1(C(=O)O)[C@@H]2C(=O)C3=CC(=O)C[C@@H](C)[C@]3(C)[C@H]21. The van der Waals surface area contributed by atoms with Gasteiger partial charge in [0.15, 0.2) is 11.6 Å². The lowest BCUT2D eigenvalue weighted by molar-refractivity contribution is -0.147. The molecule has 1 N–H and O–H groups in total. The van der Waals surface area contributed by atoms with Gasteiger partial charge in [-0.15, -0.1) is 0 Å². The van der Waals surface area contributed by atoms with Gasteiger partial charge >= 0.3 is 5.97 Å². The summed E-state index contributed by atoms with van der Waals surface area (Å²) in [7, 11) is 0. The van der Waals surface area contributed by atoms with E-state index in [0.29, 0.717) is 18.4 Å². The Morgan fingerprint density at radius 3 is 2.63 bits per heavy atom. The van der Waals surface area contributed by atoms with Gasteiger partial charge < -0.3 is 5.11 Å². The van der Waals surface area contributed by atoms with E-state index in [9.17, 15) is 19.5 Å². The predicted octanol–water partition coefficient (Wildman–Crippen LogP) is 1.84. The molecule has 5 atom stereocenters. The molecule has 3 aliphatic rings. The van der Waals surface area contributed by atoms with Gasteiger partial charge in [-0.05, 0) is 24.3 Å². The van der Waals surface area contributed by atoms with Crippen LogP contribution in [0.25, 0.3) is 0 Å². The minimum absolute atomic E-state index is 0.00736. The molecule has 4 heteroatoms. The van der Waals surface area contributed by atoms with Gasteiger partial charge in [-0.2, -0.15) is 0 Å². The second-order valence-electron chi connectivity index (χ2n) is 6.43. The molecule has 0 spiro atoms. The van der Waals surface area contributed by atoms with Crippen LogP contribution in [0.5, 0.6) is 0 Å². The van der Waals surface area contributed by atoms with E-state index in [1.807, 2.05) is 20.8 Å². The third kappa shape index (κ3) is 1.14. The number of allylic oxidation sites excluding steroid dienone is 2. The summed E-state index contributed by atoms with van der Waals surface area (Å²) in [4.78, 5) is 35.7. The first-order valence-electron chi connectivity index (χ1n) is 6.84. The van der Waals surface area contributed by atoms with Gasteiger partial charge in [0.05, 0.1) is 5.41 Å². The fourth-order valence-corrected chi connectivity index (χ4v) is 4.70. The molecule has 2 saturated carbocycles. The number of carbonyl (C=O) groups is 3. The van der Waals surface area contributed by atoms with Crippen molar-refractivity contribution in [2.45, 2.75) is 33.6 Å². The topological polar surface area (TPSA) is 71.4 Å². The molecule has 19 heavy (non-hydrogen) atoms. The van der Waals surface area contributed by atoms with E-state index in [0.717, 1.165) is 0 Å². The Balaban J connectivity index is 2.14. The summed E-state index contributed by atoms with van der Waals surface area (Å²) in [5.74, 6) is -1.48. The second kappa shape index (κ2) is 3.35. The Morgan fingerprint density at radius 2 is 2.11 bits per heavy atom. The van der Waals surface area contributed by atoms with Gasteiger partial charge in [0.1, 0.15) is 0 Å². The van der Waals surface area contributed by atoms with E-state index in [4.69, 9.17) is 0 Å². The quantitative estimate of drug-likeness (QED) is 0.824. The van der Waals surface area contributed by atoms with Crippen molar-refractivity contribution >= 4 is 17.5 Å². The summed E-state index contributed by atoms with van der Waals surface area (Å²) in [6.45, 7) is 5.77. The summed E-state index contributed by atoms with van der Waals surface area (Å²) in [5, 5.41) is 9.53. The molecular weight excluding hydrogens is 244 g/mol. The van der Waals surface area contributed by atoms with E-state index in [1.54, 1.807) is 0 Å². The number of hydrogen-bond acceptors (Lipinski definition) is 3. The molecule has 0 amide bonds. The van der Waals surface area contributed by atoms with Crippen LogP contribution in [0.15, 0.2) is 11.6 Å². The molecule has 3 aliphatic carbocycles. The molecule has 0 aromatic carbocycles. The minimum atomic E-state index is -0.891. The van der Waals surface area contributed by atoms with Crippen molar-refractivity contribution in [1.82, 2.24) is 0 Å². The summed E-state index contributed by atoms with van der Waals surface area (Å²) in [5.41, 5.74) is -0.751. The number of aliphatic carboxylic acids is 1. The van der Waals surface area contributed by atoms with Crippen LogP contribution in [-0.2, 0) is 14.4 Å². The molecular formula is C15H18O4. The van der Waals surface area contributed by atoms with Gasteiger partial charge in [-0.3, -0.25) is 14.4 Å². The molecule has 0 heterocycles. The highest BCUT2D eigenvalue weighted by Crippen LogP contribution is 2.77. The number of ketones is 2. The van der Waals surface area contributed by atoms with Crippen LogP contribution in [0.4, 0.5) is 0 Å². The third-order valence-electron chi connectivity index (χ3n) is 5.93. The minimum Gasteiger partial charge on any atom is -0.481 e. The zero-order chi connectivity index (χ0) is 14.2. The number of carboxylic acid groups (broad SMARTS) is 1. The Kier molecular flexibility index (Phi) is 2.22. The first kappa shape index (κ1) is 12.6. The number of Topliss-reactive ketones (excluding diaryl/α,β-unsaturated/α-hetero) is 1. The highest BCUT2D eigenvalue weighted by molar-refractivity contribution is 6.13. The summed E-state index contributed by atoms with van der Waals surface area (Å²) in [6.07, 6.45) is 2.36. The average molecular weight is 262 g/mol. The molecule has 3 rings (SSSR count). The lowest BCUT2D eigenvalue weighted by atomic mass is 9.62. The van der Waals surface area contributed by atoms with E-state index in [2.05, 4.69) is 0 Å². The molecule has 0 aromatic heterocycles. The van der Waals surface area contributed by atoms with Gasteiger partial charge in [0, 0.05) is 23.3 Å². The predicted molar refractivity (Wildman–Crippen MR) is 67.3 cm³/mol. The van der Waals surface area contributed by atoms with Crippen LogP contribution in [0.1, 0.15) is 33.6 Å². The van der Waals surface area contributed by atoms with Crippen molar-refractivity contribution in [3.05, 3.63) is 11.6 Å².